The number of nitrogens with one attached hydrogen (secondary N) is 1. The van der Waals surface area contributed by atoms with E-state index in [0.29, 0.717) is 23.1 Å². The Bertz CT molecular complexity index is 1800. The summed E-state index contributed by atoms with van der Waals surface area (Å²) in [6.45, 7) is 6.11. The topological polar surface area (TPSA) is 102 Å². The minimum Gasteiger partial charge on any atom is -0.406 e. The molecule has 2 aliphatic rings. The quantitative estimate of drug-likeness (QED) is 0.217. The highest BCUT2D eigenvalue weighted by Gasteiger charge is 2.44. The monoisotopic (exact) mass is 648 g/mol. The molecular formula is C33H31F3N6O3S. The molecule has 0 spiro atoms. The molecule has 0 unspecified atom stereocenters. The van der Waals surface area contributed by atoms with Gasteiger partial charge in [0, 0.05) is 11.1 Å². The highest BCUT2D eigenvalue weighted by molar-refractivity contribution is 8.15. The van der Waals surface area contributed by atoms with Crippen LogP contribution in [0.3, 0.4) is 0 Å². The summed E-state index contributed by atoms with van der Waals surface area (Å²) in [7, 11) is 0. The summed E-state index contributed by atoms with van der Waals surface area (Å²) in [4.78, 5) is 36.3. The molecule has 3 amide bonds. The zero-order valence-electron chi connectivity index (χ0n) is 25.3. The van der Waals surface area contributed by atoms with Gasteiger partial charge in [0.1, 0.15) is 12.1 Å². The van der Waals surface area contributed by atoms with Crippen LogP contribution in [0.1, 0.15) is 49.3 Å². The molecule has 0 radical (unpaired) electrons. The van der Waals surface area contributed by atoms with Crippen molar-refractivity contribution in [2.45, 2.75) is 57.9 Å². The van der Waals surface area contributed by atoms with Gasteiger partial charge in [-0.2, -0.15) is 4.99 Å². The maximum Gasteiger partial charge on any atom is 0.573 e. The SMILES string of the molecule is Cc1ccc(C(C)C)c(N2C(=O)CSC2=NC(=O)NC2(Cc3ccc(-c4ncn(-c5ccc(OC(F)(F)F)cc5)n4)cc3)CC2)c1. The second kappa shape index (κ2) is 12.3. The Hall–Kier alpha value is -4.65. The minimum atomic E-state index is -4.76. The van der Waals surface area contributed by atoms with Crippen LogP contribution in [0.2, 0.25) is 0 Å². The van der Waals surface area contributed by atoms with Crippen molar-refractivity contribution in [3.8, 4) is 22.8 Å². The maximum atomic E-state index is 13.1. The average molecular weight is 649 g/mol. The minimum absolute atomic E-state index is 0.0990. The number of nitrogens with zero attached hydrogens (tertiary/aromatic N) is 5. The lowest BCUT2D eigenvalue weighted by Crippen LogP contribution is -2.38. The fourth-order valence-corrected chi connectivity index (χ4v) is 6.20. The first kappa shape index (κ1) is 31.3. The molecule has 2 heterocycles. The fraction of sp³-hybridized carbons (Fsp3) is 0.303. The van der Waals surface area contributed by atoms with Crippen molar-refractivity contribution in [3.63, 3.8) is 0 Å². The van der Waals surface area contributed by atoms with Crippen molar-refractivity contribution in [2.75, 3.05) is 10.7 Å². The van der Waals surface area contributed by atoms with Crippen molar-refractivity contribution >= 4 is 34.6 Å². The molecule has 2 fully saturated rings. The fourth-order valence-electron chi connectivity index (χ4n) is 5.34. The molecule has 9 nitrogen and oxygen atoms in total. The molecule has 13 heteroatoms. The molecule has 46 heavy (non-hydrogen) atoms. The molecule has 4 aromatic rings. The molecule has 1 N–H and O–H groups in total. The van der Waals surface area contributed by atoms with Crippen molar-refractivity contribution < 1.29 is 27.5 Å². The van der Waals surface area contributed by atoms with E-state index in [1.54, 1.807) is 4.90 Å². The third-order valence-electron chi connectivity index (χ3n) is 7.82. The first-order valence-corrected chi connectivity index (χ1v) is 15.7. The molecule has 1 saturated carbocycles. The Morgan fingerprint density at radius 3 is 2.46 bits per heavy atom. The van der Waals surface area contributed by atoms with Crippen molar-refractivity contribution in [1.82, 2.24) is 20.1 Å². The van der Waals surface area contributed by atoms with E-state index in [4.69, 9.17) is 0 Å². The van der Waals surface area contributed by atoms with Gasteiger partial charge in [-0.3, -0.25) is 9.69 Å². The van der Waals surface area contributed by atoms with Gasteiger partial charge in [0.2, 0.25) is 5.91 Å². The summed E-state index contributed by atoms with van der Waals surface area (Å²) in [5, 5.41) is 7.92. The number of urea groups is 1. The number of thioether (sulfide) groups is 1. The smallest absolute Gasteiger partial charge is 0.406 e. The van der Waals surface area contributed by atoms with Crippen LogP contribution >= 0.6 is 11.8 Å². The van der Waals surface area contributed by atoms with Crippen LogP contribution < -0.4 is 15.0 Å². The van der Waals surface area contributed by atoms with Crippen molar-refractivity contribution in [1.29, 1.82) is 0 Å². The van der Waals surface area contributed by atoms with Crippen LogP contribution in [0, 0.1) is 6.92 Å². The van der Waals surface area contributed by atoms with Crippen LogP contribution in [0.15, 0.2) is 78.0 Å². The first-order valence-electron chi connectivity index (χ1n) is 14.7. The number of carbonyl (C=O) groups is 2. The lowest BCUT2D eigenvalue weighted by Gasteiger charge is -2.22. The Morgan fingerprint density at radius 2 is 1.80 bits per heavy atom. The zero-order valence-corrected chi connectivity index (χ0v) is 26.2. The number of aryl methyl sites for hydroxylation is 1. The number of aromatic nitrogens is 3. The van der Waals surface area contributed by atoms with E-state index >= 15 is 0 Å². The molecule has 0 atom stereocenters. The van der Waals surface area contributed by atoms with Gasteiger partial charge in [-0.25, -0.2) is 14.5 Å². The van der Waals surface area contributed by atoms with Gasteiger partial charge in [0.25, 0.3) is 0 Å². The van der Waals surface area contributed by atoms with E-state index in [0.717, 1.165) is 40.8 Å². The summed E-state index contributed by atoms with van der Waals surface area (Å²) >= 11 is 1.27. The highest BCUT2D eigenvalue weighted by Crippen LogP contribution is 2.39. The molecule has 238 valence electrons. The molecular weight excluding hydrogens is 617 g/mol. The maximum absolute atomic E-state index is 13.1. The van der Waals surface area contributed by atoms with Gasteiger partial charge < -0.3 is 10.1 Å². The molecule has 1 aliphatic heterocycles. The Morgan fingerprint density at radius 1 is 1.09 bits per heavy atom. The number of hydrogen-bond donors (Lipinski definition) is 1. The van der Waals surface area contributed by atoms with Crippen LogP contribution in [-0.2, 0) is 11.2 Å². The lowest BCUT2D eigenvalue weighted by molar-refractivity contribution is -0.274. The Labute approximate surface area is 267 Å². The number of anilines is 1. The van der Waals surface area contributed by atoms with Crippen molar-refractivity contribution in [3.05, 3.63) is 89.7 Å². The number of carbonyl (C=O) groups excluding carboxylic acids is 2. The highest BCUT2D eigenvalue weighted by atomic mass is 32.2. The van der Waals surface area contributed by atoms with Crippen LogP contribution in [0.5, 0.6) is 5.75 Å². The molecule has 1 saturated heterocycles. The average Bonchev–Trinajstić information content (AvgIpc) is 3.38. The van der Waals surface area contributed by atoms with Crippen molar-refractivity contribution in [2.24, 2.45) is 4.99 Å². The summed E-state index contributed by atoms with van der Waals surface area (Å²) < 4.78 is 42.7. The molecule has 1 aliphatic carbocycles. The van der Waals surface area contributed by atoms with Gasteiger partial charge in [0.05, 0.1) is 17.1 Å². The third kappa shape index (κ3) is 7.09. The van der Waals surface area contributed by atoms with Gasteiger partial charge >= 0.3 is 12.4 Å². The van der Waals surface area contributed by atoms with Gasteiger partial charge in [-0.05, 0) is 79.1 Å². The number of aliphatic imine (C=N–C) groups is 1. The standard InChI is InChI=1S/C33H31F3N6O3S/c1-20(2)26-13-4-21(3)16-27(26)42-28(43)18-46-31(42)38-30(44)39-32(14-15-32)17-22-5-7-23(8-6-22)29-37-19-41(40-29)24-9-11-25(12-10-24)45-33(34,35)36/h4-13,16,19-20H,14-15,17-18H2,1-3H3,(H,39,44). The summed E-state index contributed by atoms with van der Waals surface area (Å²) in [6, 6.07) is 18.6. The predicted molar refractivity (Wildman–Crippen MR) is 170 cm³/mol. The summed E-state index contributed by atoms with van der Waals surface area (Å²) in [6.07, 6.45) is -1.03. The van der Waals surface area contributed by atoms with E-state index in [1.165, 1.54) is 47.0 Å². The van der Waals surface area contributed by atoms with Gasteiger partial charge in [-0.15, -0.1) is 18.3 Å². The van der Waals surface area contributed by atoms with Gasteiger partial charge in [-0.1, -0.05) is 62.0 Å². The summed E-state index contributed by atoms with van der Waals surface area (Å²) in [5.74, 6) is 0.457. The number of amidine groups is 1. The van der Waals surface area contributed by atoms with Gasteiger partial charge in [0.15, 0.2) is 11.0 Å². The number of ether oxygens (including phenoxy) is 1. The van der Waals surface area contributed by atoms with E-state index in [1.807, 2.05) is 49.4 Å². The Kier molecular flexibility index (Phi) is 8.36. The van der Waals surface area contributed by atoms with E-state index in [9.17, 15) is 22.8 Å². The largest absolute Gasteiger partial charge is 0.573 e. The van der Waals surface area contributed by atoms with E-state index in [2.05, 4.69) is 39.0 Å². The summed E-state index contributed by atoms with van der Waals surface area (Å²) in [5.41, 5.74) is 4.71. The number of benzene rings is 3. The van der Waals surface area contributed by atoms with E-state index in [-0.39, 0.29) is 23.3 Å². The third-order valence-corrected chi connectivity index (χ3v) is 8.74. The molecule has 6 rings (SSSR count). The number of alkyl halides is 3. The lowest BCUT2D eigenvalue weighted by atomic mass is 9.99. The molecule has 3 aromatic carbocycles. The number of amides is 3. The van der Waals surface area contributed by atoms with Crippen LogP contribution in [-0.4, -0.2) is 49.5 Å². The Balaban J connectivity index is 1.10. The van der Waals surface area contributed by atoms with Crippen LogP contribution in [0.4, 0.5) is 23.7 Å². The molecule has 0 bridgehead atoms. The zero-order chi connectivity index (χ0) is 32.6. The normalized spacial score (nSPS) is 16.7. The van der Waals surface area contributed by atoms with Crippen LogP contribution in [0.25, 0.3) is 17.1 Å². The molecule has 1 aromatic heterocycles. The number of halogens is 3. The number of rotatable bonds is 8. The number of hydrogen-bond acceptors (Lipinski definition) is 6. The second-order valence-corrected chi connectivity index (χ2v) is 12.7. The second-order valence-electron chi connectivity index (χ2n) is 11.8. The first-order chi connectivity index (χ1) is 21.9. The van der Waals surface area contributed by atoms with E-state index < -0.39 is 17.9 Å². The predicted octanol–water partition coefficient (Wildman–Crippen LogP) is 7.19.